The van der Waals surface area contributed by atoms with E-state index in [-0.39, 0.29) is 5.91 Å². The smallest absolute Gasteiger partial charge is 0.228 e. The van der Waals surface area contributed by atoms with Crippen LogP contribution in [0.2, 0.25) is 0 Å². The summed E-state index contributed by atoms with van der Waals surface area (Å²) < 4.78 is 11.1. The quantitative estimate of drug-likeness (QED) is 0.825. The number of benzene rings is 2. The fraction of sp³-hybridized carbons (Fsp3) is 0.350. The molecule has 0 aliphatic heterocycles. The van der Waals surface area contributed by atoms with E-state index in [0.717, 1.165) is 16.8 Å². The van der Waals surface area contributed by atoms with Crippen molar-refractivity contribution in [2.24, 2.45) is 0 Å². The van der Waals surface area contributed by atoms with Crippen molar-refractivity contribution in [3.8, 4) is 11.5 Å². The average Bonchev–Trinajstić information content (AvgIpc) is 2.54. The lowest BCUT2D eigenvalue weighted by Crippen LogP contribution is -2.14. The number of rotatable bonds is 7. The summed E-state index contributed by atoms with van der Waals surface area (Å²) in [5, 5.41) is 2.94. The molecule has 0 fully saturated rings. The third kappa shape index (κ3) is 4.75. The van der Waals surface area contributed by atoms with Crippen LogP contribution in [-0.2, 0) is 11.2 Å². The van der Waals surface area contributed by atoms with E-state index < -0.39 is 0 Å². The van der Waals surface area contributed by atoms with E-state index in [0.29, 0.717) is 31.1 Å². The maximum atomic E-state index is 12.3. The molecule has 2 aromatic rings. The lowest BCUT2D eigenvalue weighted by atomic mass is 10.1. The SMILES string of the molecule is CCOc1ccc(CC(=O)Nc2ccc(C)c(C)c2)cc1OCC. The molecule has 2 aromatic carbocycles. The zero-order chi connectivity index (χ0) is 17.5. The van der Waals surface area contributed by atoms with Gasteiger partial charge in [-0.1, -0.05) is 12.1 Å². The zero-order valence-corrected chi connectivity index (χ0v) is 14.8. The first-order chi connectivity index (χ1) is 11.5. The number of nitrogens with one attached hydrogen (secondary N) is 1. The Balaban J connectivity index is 2.07. The monoisotopic (exact) mass is 327 g/mol. The van der Waals surface area contributed by atoms with Gasteiger partial charge in [0.1, 0.15) is 0 Å². The van der Waals surface area contributed by atoms with Crippen molar-refractivity contribution < 1.29 is 14.3 Å². The van der Waals surface area contributed by atoms with E-state index in [9.17, 15) is 4.79 Å². The summed E-state index contributed by atoms with van der Waals surface area (Å²) in [6.07, 6.45) is 0.291. The molecule has 128 valence electrons. The van der Waals surface area contributed by atoms with Gasteiger partial charge in [-0.05, 0) is 68.7 Å². The summed E-state index contributed by atoms with van der Waals surface area (Å²) in [6.45, 7) is 9.07. The van der Waals surface area contributed by atoms with Gasteiger partial charge in [-0.15, -0.1) is 0 Å². The van der Waals surface area contributed by atoms with Gasteiger partial charge in [0.25, 0.3) is 0 Å². The predicted octanol–water partition coefficient (Wildman–Crippen LogP) is 4.28. The number of ether oxygens (including phenoxy) is 2. The standard InChI is InChI=1S/C20H25NO3/c1-5-23-18-10-8-16(12-19(18)24-6-2)13-20(22)21-17-9-7-14(3)15(4)11-17/h7-12H,5-6,13H2,1-4H3,(H,21,22). The fourth-order valence-electron chi connectivity index (χ4n) is 2.42. The van der Waals surface area contributed by atoms with E-state index in [1.807, 2.05) is 57.2 Å². The second kappa shape index (κ2) is 8.39. The molecule has 0 heterocycles. The van der Waals surface area contributed by atoms with Gasteiger partial charge in [0.2, 0.25) is 5.91 Å². The highest BCUT2D eigenvalue weighted by atomic mass is 16.5. The molecule has 0 spiro atoms. The largest absolute Gasteiger partial charge is 0.490 e. The summed E-state index contributed by atoms with van der Waals surface area (Å²) in [5.74, 6) is 1.33. The number of anilines is 1. The average molecular weight is 327 g/mol. The van der Waals surface area contributed by atoms with Crippen LogP contribution in [0.15, 0.2) is 36.4 Å². The lowest BCUT2D eigenvalue weighted by molar-refractivity contribution is -0.115. The van der Waals surface area contributed by atoms with Crippen molar-refractivity contribution in [1.82, 2.24) is 0 Å². The molecule has 0 bridgehead atoms. The minimum absolute atomic E-state index is 0.0511. The first kappa shape index (κ1) is 17.9. The van der Waals surface area contributed by atoms with Gasteiger partial charge in [0.05, 0.1) is 19.6 Å². The molecular formula is C20H25NO3. The molecule has 0 saturated carbocycles. The molecule has 0 saturated heterocycles. The Morgan fingerprint density at radius 2 is 1.62 bits per heavy atom. The Bertz CT molecular complexity index is 710. The zero-order valence-electron chi connectivity index (χ0n) is 14.8. The molecule has 0 aliphatic carbocycles. The van der Waals surface area contributed by atoms with Gasteiger partial charge in [0.15, 0.2) is 11.5 Å². The Morgan fingerprint density at radius 1 is 0.917 bits per heavy atom. The van der Waals surface area contributed by atoms with Gasteiger partial charge in [-0.3, -0.25) is 4.79 Å². The molecular weight excluding hydrogens is 302 g/mol. The maximum absolute atomic E-state index is 12.3. The summed E-state index contributed by atoms with van der Waals surface area (Å²) >= 11 is 0. The van der Waals surface area contributed by atoms with E-state index >= 15 is 0 Å². The third-order valence-corrected chi connectivity index (χ3v) is 3.76. The van der Waals surface area contributed by atoms with Gasteiger partial charge >= 0.3 is 0 Å². The lowest BCUT2D eigenvalue weighted by Gasteiger charge is -2.12. The Labute approximate surface area is 143 Å². The van der Waals surface area contributed by atoms with E-state index in [2.05, 4.69) is 12.2 Å². The highest BCUT2D eigenvalue weighted by molar-refractivity contribution is 5.92. The molecule has 1 amide bonds. The fourth-order valence-corrected chi connectivity index (χ4v) is 2.42. The summed E-state index contributed by atoms with van der Waals surface area (Å²) in [7, 11) is 0. The van der Waals surface area contributed by atoms with Crippen LogP contribution in [-0.4, -0.2) is 19.1 Å². The van der Waals surface area contributed by atoms with Gasteiger partial charge < -0.3 is 14.8 Å². The highest BCUT2D eigenvalue weighted by Gasteiger charge is 2.10. The van der Waals surface area contributed by atoms with Crippen LogP contribution >= 0.6 is 0 Å². The number of carbonyl (C=O) groups excluding carboxylic acids is 1. The number of amides is 1. The van der Waals surface area contributed by atoms with Crippen molar-refractivity contribution in [2.45, 2.75) is 34.1 Å². The number of hydrogen-bond acceptors (Lipinski definition) is 3. The second-order valence-corrected chi connectivity index (χ2v) is 5.67. The van der Waals surface area contributed by atoms with Crippen LogP contribution in [0.3, 0.4) is 0 Å². The van der Waals surface area contributed by atoms with Crippen LogP contribution in [0, 0.1) is 13.8 Å². The molecule has 0 radical (unpaired) electrons. The molecule has 24 heavy (non-hydrogen) atoms. The van der Waals surface area contributed by atoms with Crippen molar-refractivity contribution in [3.63, 3.8) is 0 Å². The maximum Gasteiger partial charge on any atom is 0.228 e. The van der Waals surface area contributed by atoms with Crippen LogP contribution in [0.5, 0.6) is 11.5 Å². The second-order valence-electron chi connectivity index (χ2n) is 5.67. The Morgan fingerprint density at radius 3 is 2.29 bits per heavy atom. The number of carbonyl (C=O) groups is 1. The van der Waals surface area contributed by atoms with Crippen LogP contribution in [0.25, 0.3) is 0 Å². The van der Waals surface area contributed by atoms with Crippen molar-refractivity contribution in [1.29, 1.82) is 0 Å². The summed E-state index contributed by atoms with van der Waals surface area (Å²) in [6, 6.07) is 11.5. The predicted molar refractivity (Wildman–Crippen MR) is 97.0 cm³/mol. The van der Waals surface area contributed by atoms with E-state index in [4.69, 9.17) is 9.47 Å². The molecule has 0 aromatic heterocycles. The summed E-state index contributed by atoms with van der Waals surface area (Å²) in [5.41, 5.74) is 4.08. The molecule has 0 unspecified atom stereocenters. The van der Waals surface area contributed by atoms with Gasteiger partial charge in [-0.2, -0.15) is 0 Å². The molecule has 0 atom stereocenters. The van der Waals surface area contributed by atoms with Crippen molar-refractivity contribution in [2.75, 3.05) is 18.5 Å². The highest BCUT2D eigenvalue weighted by Crippen LogP contribution is 2.28. The van der Waals surface area contributed by atoms with Crippen molar-refractivity contribution in [3.05, 3.63) is 53.1 Å². The Hall–Kier alpha value is -2.49. The van der Waals surface area contributed by atoms with Crippen LogP contribution < -0.4 is 14.8 Å². The van der Waals surface area contributed by atoms with Crippen molar-refractivity contribution >= 4 is 11.6 Å². The number of hydrogen-bond donors (Lipinski definition) is 1. The normalized spacial score (nSPS) is 10.3. The minimum atomic E-state index is -0.0511. The van der Waals surface area contributed by atoms with Gasteiger partial charge in [-0.25, -0.2) is 0 Å². The molecule has 4 nitrogen and oxygen atoms in total. The van der Waals surface area contributed by atoms with Crippen LogP contribution in [0.1, 0.15) is 30.5 Å². The Kier molecular flexibility index (Phi) is 6.24. The molecule has 4 heteroatoms. The molecule has 0 aliphatic rings. The molecule has 1 N–H and O–H groups in total. The van der Waals surface area contributed by atoms with Gasteiger partial charge in [0, 0.05) is 5.69 Å². The van der Waals surface area contributed by atoms with E-state index in [1.165, 1.54) is 5.56 Å². The topological polar surface area (TPSA) is 47.6 Å². The summed E-state index contributed by atoms with van der Waals surface area (Å²) in [4.78, 5) is 12.3. The third-order valence-electron chi connectivity index (χ3n) is 3.76. The minimum Gasteiger partial charge on any atom is -0.490 e. The first-order valence-corrected chi connectivity index (χ1v) is 8.29. The van der Waals surface area contributed by atoms with E-state index in [1.54, 1.807) is 0 Å². The first-order valence-electron chi connectivity index (χ1n) is 8.29. The molecule has 2 rings (SSSR count). The van der Waals surface area contributed by atoms with Crippen LogP contribution in [0.4, 0.5) is 5.69 Å². The number of aryl methyl sites for hydroxylation is 2.